The highest BCUT2D eigenvalue weighted by Crippen LogP contribution is 2.33. The number of nitrogens with one attached hydrogen (secondary N) is 1. The first kappa shape index (κ1) is 24.3. The number of halogens is 2. The van der Waals surface area contributed by atoms with E-state index in [0.29, 0.717) is 12.2 Å². The highest BCUT2D eigenvalue weighted by Gasteiger charge is 2.23. The Hall–Kier alpha value is -3.79. The molecule has 0 bridgehead atoms. The van der Waals surface area contributed by atoms with Crippen molar-refractivity contribution in [1.29, 1.82) is 0 Å². The summed E-state index contributed by atoms with van der Waals surface area (Å²) >= 11 is 0. The van der Waals surface area contributed by atoms with Gasteiger partial charge in [-0.1, -0.05) is 0 Å². The molecule has 184 valence electrons. The molecular weight excluding hydrogens is 454 g/mol. The lowest BCUT2D eigenvalue weighted by Crippen LogP contribution is -2.43. The van der Waals surface area contributed by atoms with Crippen molar-refractivity contribution in [2.45, 2.75) is 38.8 Å². The predicted octanol–water partition coefficient (Wildman–Crippen LogP) is 3.97. The Bertz CT molecular complexity index is 1240. The SMILES string of the molecule is CC(C)Oc1ccc(F)c(-c2ccc(N)c(C(=O)Nc3cnccc3N3CCC[C@H](N)C3)n2)c1F. The zero-order chi connectivity index (χ0) is 25.1. The lowest BCUT2D eigenvalue weighted by atomic mass is 10.1. The molecule has 4 rings (SSSR count). The van der Waals surface area contributed by atoms with E-state index < -0.39 is 23.1 Å². The molecule has 0 saturated carbocycles. The maximum absolute atomic E-state index is 15.1. The van der Waals surface area contributed by atoms with Gasteiger partial charge in [0, 0.05) is 25.3 Å². The van der Waals surface area contributed by atoms with Crippen LogP contribution in [-0.2, 0) is 0 Å². The summed E-state index contributed by atoms with van der Waals surface area (Å²) in [5.74, 6) is -2.48. The Morgan fingerprint density at radius 1 is 1.23 bits per heavy atom. The molecule has 1 saturated heterocycles. The molecule has 0 unspecified atom stereocenters. The smallest absolute Gasteiger partial charge is 0.276 e. The number of aromatic nitrogens is 2. The summed E-state index contributed by atoms with van der Waals surface area (Å²) < 4.78 is 35.1. The molecular formula is C25H28F2N6O2. The van der Waals surface area contributed by atoms with Crippen LogP contribution in [0.1, 0.15) is 37.2 Å². The van der Waals surface area contributed by atoms with Crippen LogP contribution in [0.25, 0.3) is 11.3 Å². The third-order valence-electron chi connectivity index (χ3n) is 5.66. The fraction of sp³-hybridized carbons (Fsp3) is 0.320. The molecule has 1 aliphatic rings. The van der Waals surface area contributed by atoms with Gasteiger partial charge < -0.3 is 26.4 Å². The van der Waals surface area contributed by atoms with Gasteiger partial charge >= 0.3 is 0 Å². The molecule has 1 fully saturated rings. The first-order valence-corrected chi connectivity index (χ1v) is 11.4. The number of hydrogen-bond acceptors (Lipinski definition) is 7. The van der Waals surface area contributed by atoms with Crippen molar-refractivity contribution in [3.05, 3.63) is 60.1 Å². The summed E-state index contributed by atoms with van der Waals surface area (Å²) in [4.78, 5) is 23.6. The van der Waals surface area contributed by atoms with Crippen LogP contribution < -0.4 is 26.4 Å². The highest BCUT2D eigenvalue weighted by molar-refractivity contribution is 6.08. The molecule has 0 spiro atoms. The molecule has 0 radical (unpaired) electrons. The quantitative estimate of drug-likeness (QED) is 0.486. The number of ether oxygens (including phenoxy) is 1. The number of hydrogen-bond donors (Lipinski definition) is 3. The van der Waals surface area contributed by atoms with Crippen molar-refractivity contribution in [2.24, 2.45) is 5.73 Å². The summed E-state index contributed by atoms with van der Waals surface area (Å²) in [6, 6.07) is 6.90. The average molecular weight is 483 g/mol. The van der Waals surface area contributed by atoms with E-state index in [-0.39, 0.29) is 35.0 Å². The molecule has 3 aromatic rings. The molecule has 5 N–H and O–H groups in total. The number of nitrogens with two attached hydrogens (primary N) is 2. The molecule has 3 heterocycles. The van der Waals surface area contributed by atoms with E-state index in [1.165, 1.54) is 24.4 Å². The van der Waals surface area contributed by atoms with Gasteiger partial charge in [-0.05, 0) is 57.0 Å². The lowest BCUT2D eigenvalue weighted by Gasteiger charge is -2.33. The van der Waals surface area contributed by atoms with E-state index in [1.807, 2.05) is 0 Å². The first-order valence-electron chi connectivity index (χ1n) is 11.4. The summed E-state index contributed by atoms with van der Waals surface area (Å²) in [6.45, 7) is 4.91. The molecule has 1 aliphatic heterocycles. The minimum absolute atomic E-state index is 0.0368. The van der Waals surface area contributed by atoms with Crippen LogP contribution in [0.3, 0.4) is 0 Å². The number of carbonyl (C=O) groups is 1. The summed E-state index contributed by atoms with van der Waals surface area (Å²) in [5.41, 5.74) is 12.8. The zero-order valence-electron chi connectivity index (χ0n) is 19.6. The van der Waals surface area contributed by atoms with Crippen LogP contribution in [0.2, 0.25) is 0 Å². The normalized spacial score (nSPS) is 15.8. The fourth-order valence-corrected chi connectivity index (χ4v) is 4.07. The van der Waals surface area contributed by atoms with E-state index in [9.17, 15) is 9.18 Å². The lowest BCUT2D eigenvalue weighted by molar-refractivity contribution is 0.102. The third kappa shape index (κ3) is 5.32. The fourth-order valence-electron chi connectivity index (χ4n) is 4.07. The van der Waals surface area contributed by atoms with Crippen molar-refractivity contribution >= 4 is 23.0 Å². The number of amides is 1. The number of benzene rings is 1. The standard InChI is InChI=1S/C25H28F2N6O2/c1-14(2)35-21-8-5-16(26)22(23(21)27)18-7-6-17(29)24(31-18)25(34)32-19-12-30-10-9-20(19)33-11-3-4-15(28)13-33/h5-10,12,14-15H,3-4,11,13,28-29H2,1-2H3,(H,32,34)/t15-/m0/s1. The van der Waals surface area contributed by atoms with Gasteiger partial charge in [-0.25, -0.2) is 13.8 Å². The Balaban J connectivity index is 1.66. The second-order valence-electron chi connectivity index (χ2n) is 8.73. The van der Waals surface area contributed by atoms with Gasteiger partial charge in [-0.15, -0.1) is 0 Å². The van der Waals surface area contributed by atoms with Crippen molar-refractivity contribution in [3.8, 4) is 17.0 Å². The minimum Gasteiger partial charge on any atom is -0.488 e. The van der Waals surface area contributed by atoms with Gasteiger partial charge in [-0.2, -0.15) is 0 Å². The molecule has 2 aromatic heterocycles. The van der Waals surface area contributed by atoms with Crippen LogP contribution in [0.5, 0.6) is 5.75 Å². The van der Waals surface area contributed by atoms with E-state index in [1.54, 1.807) is 26.1 Å². The van der Waals surface area contributed by atoms with Crippen molar-refractivity contribution in [2.75, 3.05) is 29.0 Å². The number of piperidine rings is 1. The predicted molar refractivity (Wildman–Crippen MR) is 131 cm³/mol. The Kier molecular flexibility index (Phi) is 7.11. The van der Waals surface area contributed by atoms with Crippen LogP contribution >= 0.6 is 0 Å². The summed E-state index contributed by atoms with van der Waals surface area (Å²) in [7, 11) is 0. The molecule has 35 heavy (non-hydrogen) atoms. The van der Waals surface area contributed by atoms with Gasteiger partial charge in [-0.3, -0.25) is 9.78 Å². The summed E-state index contributed by atoms with van der Waals surface area (Å²) in [5, 5.41) is 2.79. The largest absolute Gasteiger partial charge is 0.488 e. The number of anilines is 3. The molecule has 1 atom stereocenters. The van der Waals surface area contributed by atoms with Crippen LogP contribution in [0.15, 0.2) is 42.7 Å². The molecule has 0 aliphatic carbocycles. The van der Waals surface area contributed by atoms with Gasteiger partial charge in [0.1, 0.15) is 5.82 Å². The second kappa shape index (κ2) is 10.2. The van der Waals surface area contributed by atoms with Gasteiger partial charge in [0.25, 0.3) is 5.91 Å². The summed E-state index contributed by atoms with van der Waals surface area (Å²) in [6.07, 6.45) is 4.72. The number of rotatable bonds is 6. The topological polar surface area (TPSA) is 119 Å². The zero-order valence-corrected chi connectivity index (χ0v) is 19.6. The number of pyridine rings is 2. The third-order valence-corrected chi connectivity index (χ3v) is 5.66. The van der Waals surface area contributed by atoms with Crippen molar-refractivity contribution in [1.82, 2.24) is 9.97 Å². The first-order chi connectivity index (χ1) is 16.7. The Labute approximate surface area is 202 Å². The highest BCUT2D eigenvalue weighted by atomic mass is 19.1. The molecule has 10 heteroatoms. The monoisotopic (exact) mass is 482 g/mol. The van der Waals surface area contributed by atoms with E-state index in [2.05, 4.69) is 20.2 Å². The molecule has 1 amide bonds. The Morgan fingerprint density at radius 3 is 2.77 bits per heavy atom. The second-order valence-corrected chi connectivity index (χ2v) is 8.73. The maximum Gasteiger partial charge on any atom is 0.276 e. The molecule has 1 aromatic carbocycles. The number of nitrogens with zero attached hydrogens (tertiary/aromatic N) is 3. The van der Waals surface area contributed by atoms with Gasteiger partial charge in [0.2, 0.25) is 0 Å². The number of carbonyl (C=O) groups excluding carboxylic acids is 1. The Morgan fingerprint density at radius 2 is 2.03 bits per heavy atom. The number of nitrogen functional groups attached to an aromatic ring is 1. The van der Waals surface area contributed by atoms with E-state index >= 15 is 4.39 Å². The van der Waals surface area contributed by atoms with Gasteiger partial charge in [0.05, 0.1) is 40.6 Å². The van der Waals surface area contributed by atoms with Crippen molar-refractivity contribution < 1.29 is 18.3 Å². The van der Waals surface area contributed by atoms with Crippen LogP contribution in [-0.4, -0.2) is 41.1 Å². The van der Waals surface area contributed by atoms with Crippen molar-refractivity contribution in [3.63, 3.8) is 0 Å². The van der Waals surface area contributed by atoms with Crippen LogP contribution in [0.4, 0.5) is 25.8 Å². The van der Waals surface area contributed by atoms with E-state index in [4.69, 9.17) is 16.2 Å². The minimum atomic E-state index is -0.904. The molecule has 8 nitrogen and oxygen atoms in total. The van der Waals surface area contributed by atoms with E-state index in [0.717, 1.165) is 31.1 Å². The maximum atomic E-state index is 15.1. The van der Waals surface area contributed by atoms with Crippen LogP contribution in [0, 0.1) is 11.6 Å². The van der Waals surface area contributed by atoms with Gasteiger partial charge in [0.15, 0.2) is 17.3 Å². The average Bonchev–Trinajstić information content (AvgIpc) is 2.82.